The highest BCUT2D eigenvalue weighted by Crippen LogP contribution is 2.36. The third-order valence-corrected chi connectivity index (χ3v) is 2.63. The first-order valence-corrected chi connectivity index (χ1v) is 5.09. The van der Waals surface area contributed by atoms with Gasteiger partial charge in [-0.2, -0.15) is 0 Å². The van der Waals surface area contributed by atoms with E-state index in [2.05, 4.69) is 0 Å². The molecule has 1 heterocycles. The topological polar surface area (TPSA) is 84.9 Å². The Morgan fingerprint density at radius 3 is 2.50 bits per heavy atom. The lowest BCUT2D eigenvalue weighted by atomic mass is 10.1. The maximum atomic E-state index is 9.40. The first-order chi connectivity index (χ1) is 7.53. The number of nitrogens with two attached hydrogens (primary N) is 1. The van der Waals surface area contributed by atoms with Crippen LogP contribution in [-0.4, -0.2) is 29.5 Å². The van der Waals surface area contributed by atoms with Gasteiger partial charge in [-0.05, 0) is 19.1 Å². The molecular weight excluding hydrogens is 210 g/mol. The summed E-state index contributed by atoms with van der Waals surface area (Å²) in [4.78, 5) is 0. The highest BCUT2D eigenvalue weighted by molar-refractivity contribution is 5.38. The number of hydrogen-bond acceptors (Lipinski definition) is 5. The highest BCUT2D eigenvalue weighted by atomic mass is 16.7. The van der Waals surface area contributed by atoms with E-state index in [0.717, 1.165) is 0 Å². The van der Waals surface area contributed by atoms with Gasteiger partial charge < -0.3 is 25.4 Å². The molecule has 16 heavy (non-hydrogen) atoms. The van der Waals surface area contributed by atoms with Crippen LogP contribution in [0.25, 0.3) is 0 Å². The molecule has 0 amide bonds. The van der Waals surface area contributed by atoms with Crippen LogP contribution in [0, 0.1) is 0 Å². The molecule has 1 aromatic carbocycles. The molecule has 1 aromatic rings. The summed E-state index contributed by atoms with van der Waals surface area (Å²) in [5, 5.41) is 18.8. The Bertz CT molecular complexity index is 375. The van der Waals surface area contributed by atoms with Crippen LogP contribution in [0.5, 0.6) is 11.5 Å². The van der Waals surface area contributed by atoms with Gasteiger partial charge in [0.2, 0.25) is 0 Å². The van der Waals surface area contributed by atoms with E-state index >= 15 is 0 Å². The van der Waals surface area contributed by atoms with Gasteiger partial charge in [0.05, 0.1) is 12.7 Å². The number of hydrogen-bond donors (Lipinski definition) is 3. The summed E-state index contributed by atoms with van der Waals surface area (Å²) in [6, 6.07) is 4.25. The first-order valence-electron chi connectivity index (χ1n) is 5.09. The Morgan fingerprint density at radius 1 is 1.38 bits per heavy atom. The van der Waals surface area contributed by atoms with Crippen molar-refractivity contribution >= 4 is 0 Å². The summed E-state index contributed by atoms with van der Waals surface area (Å²) in [5.74, 6) is -1.01. The average Bonchev–Trinajstić information content (AvgIpc) is 2.60. The molecule has 0 aromatic heterocycles. The molecular formula is C11H15NO4. The van der Waals surface area contributed by atoms with Gasteiger partial charge in [0.1, 0.15) is 11.5 Å². The van der Waals surface area contributed by atoms with E-state index in [1.165, 1.54) is 18.2 Å². The fraction of sp³-hybridized carbons (Fsp3) is 0.455. The van der Waals surface area contributed by atoms with Crippen LogP contribution in [0.3, 0.4) is 0 Å². The molecule has 5 heteroatoms. The van der Waals surface area contributed by atoms with Gasteiger partial charge in [-0.3, -0.25) is 0 Å². The van der Waals surface area contributed by atoms with Gasteiger partial charge in [0, 0.05) is 18.2 Å². The second-order valence-electron chi connectivity index (χ2n) is 3.97. The molecule has 1 saturated heterocycles. The average molecular weight is 225 g/mol. The lowest BCUT2D eigenvalue weighted by Gasteiger charge is -2.23. The van der Waals surface area contributed by atoms with Crippen LogP contribution in [-0.2, 0) is 15.3 Å². The predicted molar refractivity (Wildman–Crippen MR) is 57.0 cm³/mol. The number of phenols is 2. The summed E-state index contributed by atoms with van der Waals surface area (Å²) in [6.45, 7) is 2.51. The van der Waals surface area contributed by atoms with E-state index in [9.17, 15) is 10.2 Å². The molecule has 0 radical (unpaired) electrons. The minimum atomic E-state index is -0.958. The van der Waals surface area contributed by atoms with Gasteiger partial charge in [0.15, 0.2) is 5.79 Å². The Morgan fingerprint density at radius 2 is 2.00 bits per heavy atom. The van der Waals surface area contributed by atoms with Crippen molar-refractivity contribution in [1.82, 2.24) is 0 Å². The summed E-state index contributed by atoms with van der Waals surface area (Å²) < 4.78 is 11.1. The lowest BCUT2D eigenvalue weighted by molar-refractivity contribution is -0.160. The van der Waals surface area contributed by atoms with Crippen molar-refractivity contribution in [3.8, 4) is 11.5 Å². The summed E-state index contributed by atoms with van der Waals surface area (Å²) in [5.41, 5.74) is 6.06. The van der Waals surface area contributed by atoms with Crippen LogP contribution in [0.15, 0.2) is 18.2 Å². The minimum Gasteiger partial charge on any atom is -0.508 e. The smallest absolute Gasteiger partial charge is 0.192 e. The van der Waals surface area contributed by atoms with E-state index in [1.807, 2.05) is 0 Å². The van der Waals surface area contributed by atoms with E-state index in [1.54, 1.807) is 6.92 Å². The fourth-order valence-corrected chi connectivity index (χ4v) is 1.76. The maximum absolute atomic E-state index is 9.40. The van der Waals surface area contributed by atoms with Crippen molar-refractivity contribution < 1.29 is 19.7 Å². The van der Waals surface area contributed by atoms with Gasteiger partial charge in [-0.25, -0.2) is 0 Å². The fourth-order valence-electron chi connectivity index (χ4n) is 1.76. The zero-order valence-corrected chi connectivity index (χ0v) is 9.01. The van der Waals surface area contributed by atoms with E-state index in [0.29, 0.717) is 18.7 Å². The number of ether oxygens (including phenoxy) is 2. The van der Waals surface area contributed by atoms with Crippen LogP contribution in [0.4, 0.5) is 0 Å². The molecule has 5 nitrogen and oxygen atoms in total. The standard InChI is InChI=1S/C11H15NO4/c1-11(15-6-10(5-12)16-11)7-2-8(13)4-9(14)3-7/h2-4,10,13-14H,5-6,12H2,1H3. The second kappa shape index (κ2) is 3.93. The van der Waals surface area contributed by atoms with Gasteiger partial charge in [-0.15, -0.1) is 0 Å². The normalized spacial score (nSPS) is 29.5. The molecule has 2 rings (SSSR count). The lowest BCUT2D eigenvalue weighted by Crippen LogP contribution is -2.27. The largest absolute Gasteiger partial charge is 0.508 e. The molecule has 0 aliphatic carbocycles. The Balaban J connectivity index is 2.29. The first kappa shape index (κ1) is 11.2. The van der Waals surface area contributed by atoms with Crippen LogP contribution in [0.1, 0.15) is 12.5 Å². The third kappa shape index (κ3) is 1.97. The monoisotopic (exact) mass is 225 g/mol. The molecule has 0 saturated carbocycles. The minimum absolute atomic E-state index is 0.0281. The summed E-state index contributed by atoms with van der Waals surface area (Å²) in [7, 11) is 0. The second-order valence-corrected chi connectivity index (χ2v) is 3.97. The summed E-state index contributed by atoms with van der Waals surface area (Å²) >= 11 is 0. The van der Waals surface area contributed by atoms with E-state index < -0.39 is 5.79 Å². The van der Waals surface area contributed by atoms with Crippen molar-refractivity contribution in [2.45, 2.75) is 18.8 Å². The molecule has 2 atom stereocenters. The van der Waals surface area contributed by atoms with Gasteiger partial charge >= 0.3 is 0 Å². The Hall–Kier alpha value is -1.30. The molecule has 4 N–H and O–H groups in total. The molecule has 1 aliphatic rings. The number of benzene rings is 1. The van der Waals surface area contributed by atoms with E-state index in [4.69, 9.17) is 15.2 Å². The number of phenolic OH excluding ortho intramolecular Hbond substituents is 2. The Labute approximate surface area is 93.4 Å². The van der Waals surface area contributed by atoms with Gasteiger partial charge in [-0.1, -0.05) is 0 Å². The highest BCUT2D eigenvalue weighted by Gasteiger charge is 2.38. The van der Waals surface area contributed by atoms with Crippen molar-refractivity contribution in [1.29, 1.82) is 0 Å². The zero-order valence-electron chi connectivity index (χ0n) is 9.01. The van der Waals surface area contributed by atoms with Crippen LogP contribution in [0.2, 0.25) is 0 Å². The Kier molecular flexibility index (Phi) is 2.75. The van der Waals surface area contributed by atoms with Gasteiger partial charge in [0.25, 0.3) is 0 Å². The third-order valence-electron chi connectivity index (χ3n) is 2.63. The molecule has 2 unspecified atom stereocenters. The van der Waals surface area contributed by atoms with E-state index in [-0.39, 0.29) is 17.6 Å². The molecule has 88 valence electrons. The SMILES string of the molecule is CC1(c2cc(O)cc(O)c2)OCC(CN)O1. The van der Waals surface area contributed by atoms with Crippen LogP contribution < -0.4 is 5.73 Å². The molecule has 0 bridgehead atoms. The van der Waals surface area contributed by atoms with Crippen molar-refractivity contribution in [3.05, 3.63) is 23.8 Å². The van der Waals surface area contributed by atoms with Crippen LogP contribution >= 0.6 is 0 Å². The molecule has 1 fully saturated rings. The maximum Gasteiger partial charge on any atom is 0.192 e. The van der Waals surface area contributed by atoms with Crippen molar-refractivity contribution in [2.75, 3.05) is 13.2 Å². The van der Waals surface area contributed by atoms with Crippen molar-refractivity contribution in [2.24, 2.45) is 5.73 Å². The number of aromatic hydroxyl groups is 2. The molecule has 1 aliphatic heterocycles. The molecule has 0 spiro atoms. The quantitative estimate of drug-likeness (QED) is 0.688. The summed E-state index contributed by atoms with van der Waals surface area (Å²) in [6.07, 6.45) is -0.158. The van der Waals surface area contributed by atoms with Crippen molar-refractivity contribution in [3.63, 3.8) is 0 Å². The predicted octanol–water partition coefficient (Wildman–Crippen LogP) is 0.645. The zero-order chi connectivity index (χ0) is 11.8. The number of rotatable bonds is 2.